The van der Waals surface area contributed by atoms with E-state index in [0.717, 1.165) is 28.2 Å². The van der Waals surface area contributed by atoms with E-state index in [1.807, 2.05) is 48.5 Å². The summed E-state index contributed by atoms with van der Waals surface area (Å²) in [6.45, 7) is 7.66. The van der Waals surface area contributed by atoms with Gasteiger partial charge in [-0.3, -0.25) is 0 Å². The van der Waals surface area contributed by atoms with Crippen LogP contribution in [-0.2, 0) is 18.6 Å². The molecule has 0 aliphatic carbocycles. The second-order valence-electron chi connectivity index (χ2n) is 8.86. The van der Waals surface area contributed by atoms with E-state index in [0.29, 0.717) is 24.7 Å². The van der Waals surface area contributed by atoms with Crippen molar-refractivity contribution in [3.63, 3.8) is 0 Å². The number of hydrogen-bond donors (Lipinski definition) is 0. The molecular formula is C27H30N2O3. The first-order chi connectivity index (χ1) is 15.4. The Morgan fingerprint density at radius 3 is 2.25 bits per heavy atom. The van der Waals surface area contributed by atoms with Gasteiger partial charge in [-0.05, 0) is 52.9 Å². The molecule has 0 aliphatic heterocycles. The van der Waals surface area contributed by atoms with Gasteiger partial charge in [-0.1, -0.05) is 51.1 Å². The van der Waals surface area contributed by atoms with Crippen LogP contribution in [0.4, 0.5) is 0 Å². The number of fused-ring (bicyclic) bond motifs is 1. The van der Waals surface area contributed by atoms with Crippen LogP contribution in [0.3, 0.4) is 0 Å². The van der Waals surface area contributed by atoms with Gasteiger partial charge in [0, 0.05) is 6.54 Å². The molecule has 5 nitrogen and oxygen atoms in total. The molecule has 0 radical (unpaired) electrons. The third-order valence-electron chi connectivity index (χ3n) is 5.61. The SMILES string of the molecule is COc1ccc(Cn2c(COc3ccc(C(C)(C)C)cc3)nc3ccccc32)cc1OC. The van der Waals surface area contributed by atoms with Gasteiger partial charge in [0.1, 0.15) is 18.2 Å². The quantitative estimate of drug-likeness (QED) is 0.362. The van der Waals surface area contributed by atoms with Crippen LogP contribution >= 0.6 is 0 Å². The molecule has 4 aromatic rings. The van der Waals surface area contributed by atoms with Gasteiger partial charge in [0.25, 0.3) is 0 Å². The van der Waals surface area contributed by atoms with Crippen molar-refractivity contribution in [1.29, 1.82) is 0 Å². The summed E-state index contributed by atoms with van der Waals surface area (Å²) in [6.07, 6.45) is 0. The molecule has 32 heavy (non-hydrogen) atoms. The normalized spacial score (nSPS) is 11.5. The van der Waals surface area contributed by atoms with Crippen LogP contribution in [-0.4, -0.2) is 23.8 Å². The third-order valence-corrected chi connectivity index (χ3v) is 5.61. The first-order valence-electron chi connectivity index (χ1n) is 10.8. The predicted molar refractivity (Wildman–Crippen MR) is 128 cm³/mol. The average Bonchev–Trinajstić information content (AvgIpc) is 3.14. The largest absolute Gasteiger partial charge is 0.493 e. The Morgan fingerprint density at radius 1 is 0.844 bits per heavy atom. The topological polar surface area (TPSA) is 45.5 Å². The highest BCUT2D eigenvalue weighted by molar-refractivity contribution is 5.76. The van der Waals surface area contributed by atoms with Crippen molar-refractivity contribution < 1.29 is 14.2 Å². The maximum absolute atomic E-state index is 6.12. The van der Waals surface area contributed by atoms with Crippen molar-refractivity contribution in [2.45, 2.75) is 39.3 Å². The lowest BCUT2D eigenvalue weighted by Crippen LogP contribution is -2.11. The summed E-state index contributed by atoms with van der Waals surface area (Å²) in [7, 11) is 3.29. The van der Waals surface area contributed by atoms with Gasteiger partial charge in [-0.2, -0.15) is 0 Å². The van der Waals surface area contributed by atoms with E-state index < -0.39 is 0 Å². The molecule has 4 rings (SSSR count). The lowest BCUT2D eigenvalue weighted by Gasteiger charge is -2.19. The van der Waals surface area contributed by atoms with Crippen molar-refractivity contribution in [3.05, 3.63) is 83.7 Å². The van der Waals surface area contributed by atoms with Crippen molar-refractivity contribution in [2.75, 3.05) is 14.2 Å². The predicted octanol–water partition coefficient (Wildman–Crippen LogP) is 5.98. The van der Waals surface area contributed by atoms with Crippen LogP contribution in [0, 0.1) is 0 Å². The highest BCUT2D eigenvalue weighted by Crippen LogP contribution is 2.29. The van der Waals surface area contributed by atoms with Crippen molar-refractivity contribution in [1.82, 2.24) is 9.55 Å². The number of rotatable bonds is 7. The van der Waals surface area contributed by atoms with Crippen LogP contribution in [0.5, 0.6) is 17.2 Å². The van der Waals surface area contributed by atoms with E-state index in [4.69, 9.17) is 19.2 Å². The number of hydrogen-bond acceptors (Lipinski definition) is 4. The molecule has 0 saturated heterocycles. The minimum Gasteiger partial charge on any atom is -0.493 e. The molecule has 0 aliphatic rings. The van der Waals surface area contributed by atoms with E-state index >= 15 is 0 Å². The number of ether oxygens (including phenoxy) is 3. The summed E-state index contributed by atoms with van der Waals surface area (Å²) < 4.78 is 19.2. The summed E-state index contributed by atoms with van der Waals surface area (Å²) >= 11 is 0. The second kappa shape index (κ2) is 8.95. The fourth-order valence-corrected chi connectivity index (χ4v) is 3.77. The van der Waals surface area contributed by atoms with Crippen LogP contribution < -0.4 is 14.2 Å². The van der Waals surface area contributed by atoms with Crippen molar-refractivity contribution in [3.8, 4) is 17.2 Å². The summed E-state index contributed by atoms with van der Waals surface area (Å²) in [5, 5.41) is 0. The Hall–Kier alpha value is -3.47. The molecule has 0 spiro atoms. The summed E-state index contributed by atoms with van der Waals surface area (Å²) in [4.78, 5) is 4.84. The molecule has 166 valence electrons. The molecule has 3 aromatic carbocycles. The summed E-state index contributed by atoms with van der Waals surface area (Å²) in [5.41, 5.74) is 4.53. The zero-order chi connectivity index (χ0) is 22.7. The van der Waals surface area contributed by atoms with E-state index in [1.54, 1.807) is 14.2 Å². The van der Waals surface area contributed by atoms with Gasteiger partial charge in [0.2, 0.25) is 0 Å². The first kappa shape index (κ1) is 21.8. The lowest BCUT2D eigenvalue weighted by atomic mass is 9.87. The van der Waals surface area contributed by atoms with E-state index in [9.17, 15) is 0 Å². The highest BCUT2D eigenvalue weighted by Gasteiger charge is 2.15. The van der Waals surface area contributed by atoms with Gasteiger partial charge in [-0.15, -0.1) is 0 Å². The molecule has 5 heteroatoms. The molecule has 1 heterocycles. The number of aromatic nitrogens is 2. The minimum absolute atomic E-state index is 0.117. The number of para-hydroxylation sites is 2. The van der Waals surface area contributed by atoms with E-state index in [1.165, 1.54) is 5.56 Å². The fourth-order valence-electron chi connectivity index (χ4n) is 3.77. The monoisotopic (exact) mass is 430 g/mol. The molecule has 0 fully saturated rings. The highest BCUT2D eigenvalue weighted by atomic mass is 16.5. The Labute approximate surface area is 189 Å². The lowest BCUT2D eigenvalue weighted by molar-refractivity contribution is 0.291. The zero-order valence-electron chi connectivity index (χ0n) is 19.4. The maximum Gasteiger partial charge on any atom is 0.161 e. The number of methoxy groups -OCH3 is 2. The Bertz CT molecular complexity index is 1200. The Balaban J connectivity index is 1.61. The summed E-state index contributed by atoms with van der Waals surface area (Å²) in [5.74, 6) is 3.14. The Kier molecular flexibility index (Phi) is 6.08. The van der Waals surface area contributed by atoms with Gasteiger partial charge < -0.3 is 18.8 Å². The van der Waals surface area contributed by atoms with E-state index in [2.05, 4.69) is 43.5 Å². The van der Waals surface area contributed by atoms with Gasteiger partial charge >= 0.3 is 0 Å². The van der Waals surface area contributed by atoms with Gasteiger partial charge in [-0.25, -0.2) is 4.98 Å². The number of benzene rings is 3. The molecule has 0 N–H and O–H groups in total. The van der Waals surface area contributed by atoms with Crippen molar-refractivity contribution in [2.24, 2.45) is 0 Å². The van der Waals surface area contributed by atoms with Crippen LogP contribution in [0.2, 0.25) is 0 Å². The molecule has 0 bridgehead atoms. The molecule has 0 saturated carbocycles. The smallest absolute Gasteiger partial charge is 0.161 e. The fraction of sp³-hybridized carbons (Fsp3) is 0.296. The third kappa shape index (κ3) is 4.57. The molecule has 0 atom stereocenters. The first-order valence-corrected chi connectivity index (χ1v) is 10.8. The van der Waals surface area contributed by atoms with Crippen LogP contribution in [0.15, 0.2) is 66.7 Å². The molecule has 0 unspecified atom stereocenters. The molecule has 1 aromatic heterocycles. The van der Waals surface area contributed by atoms with Gasteiger partial charge in [0.15, 0.2) is 11.5 Å². The molecular weight excluding hydrogens is 400 g/mol. The van der Waals surface area contributed by atoms with E-state index in [-0.39, 0.29) is 5.41 Å². The second-order valence-corrected chi connectivity index (χ2v) is 8.86. The number of nitrogens with zero attached hydrogens (tertiary/aromatic N) is 2. The van der Waals surface area contributed by atoms with Crippen LogP contribution in [0.1, 0.15) is 37.7 Å². The number of imidazole rings is 1. The summed E-state index contributed by atoms with van der Waals surface area (Å²) in [6, 6.07) is 22.5. The molecule has 0 amide bonds. The van der Waals surface area contributed by atoms with Crippen molar-refractivity contribution >= 4 is 11.0 Å². The van der Waals surface area contributed by atoms with Gasteiger partial charge in [0.05, 0.1) is 25.3 Å². The van der Waals surface area contributed by atoms with Crippen LogP contribution in [0.25, 0.3) is 11.0 Å². The standard InChI is InChI=1S/C27H30N2O3/c1-27(2,3)20-11-13-21(14-12-20)32-18-26-28-22-8-6-7-9-23(22)29(26)17-19-10-15-24(30-4)25(16-19)31-5/h6-16H,17-18H2,1-5H3. The Morgan fingerprint density at radius 2 is 1.56 bits per heavy atom. The average molecular weight is 431 g/mol. The zero-order valence-corrected chi connectivity index (χ0v) is 19.4. The minimum atomic E-state index is 0.117. The maximum atomic E-state index is 6.12.